The molecule has 5 heavy (non-hydrogen) atoms. The van der Waals surface area contributed by atoms with Gasteiger partial charge in [-0.1, -0.05) is 0 Å². The third kappa shape index (κ3) is 103. The van der Waals surface area contributed by atoms with Crippen molar-refractivity contribution in [1.82, 2.24) is 0 Å². The molecule has 0 aliphatic carbocycles. The van der Waals surface area contributed by atoms with Gasteiger partial charge in [-0.05, 0) is 0 Å². The Bertz CT molecular complexity index is 11.6. The van der Waals surface area contributed by atoms with Gasteiger partial charge in [-0.3, -0.25) is 0 Å². The van der Waals surface area contributed by atoms with Crippen LogP contribution in [0, 0.1) is 6.68 Å². The molecule has 0 unspecified atom stereocenters. The van der Waals surface area contributed by atoms with Gasteiger partial charge in [-0.15, -0.1) is 0 Å². The molecule has 0 fully saturated rings. The van der Waals surface area contributed by atoms with Gasteiger partial charge in [0.2, 0.25) is 0 Å². The Hall–Kier alpha value is 0.530. The smallest absolute Gasteiger partial charge is 0.385 e. The Balaban J connectivity index is 0. The Morgan fingerprint density at radius 2 is 1.00 bits per heavy atom. The molecule has 0 radical (unpaired) electrons. The maximum Gasteiger partial charge on any atom is 1.00 e. The van der Waals surface area contributed by atoms with Gasteiger partial charge < -0.3 is 13.2 Å². The normalized spacial score (nSPS) is 7.20. The van der Waals surface area contributed by atoms with Crippen molar-refractivity contribution in [3.05, 3.63) is 6.68 Å². The maximum atomic E-state index is 9.58. The zero-order valence-corrected chi connectivity index (χ0v) is 4.10. The number of rotatable bonds is 0. The van der Waals surface area contributed by atoms with Crippen molar-refractivity contribution in [2.75, 3.05) is 0 Å². The van der Waals surface area contributed by atoms with Gasteiger partial charge in [-0.25, -0.2) is 0 Å². The average Bonchev–Trinajstić information content (AvgIpc) is 0.811. The van der Waals surface area contributed by atoms with Crippen LogP contribution >= 0.6 is 0 Å². The van der Waals surface area contributed by atoms with Crippen molar-refractivity contribution in [3.63, 3.8) is 0 Å². The van der Waals surface area contributed by atoms with E-state index in [1.165, 1.54) is 0 Å². The molecule has 0 aliphatic heterocycles. The summed E-state index contributed by atoms with van der Waals surface area (Å²) in [5.41, 5.74) is 0. The number of halogens is 3. The fourth-order valence-electron chi connectivity index (χ4n) is 0. The molecule has 36 valence electrons. The predicted octanol–water partition coefficient (Wildman–Crippen LogP) is 1.34. The van der Waals surface area contributed by atoms with Crippen LogP contribution in [-0.4, -0.2) is 0 Å². The van der Waals surface area contributed by atoms with Crippen LogP contribution < -0.4 is 0 Å². The Morgan fingerprint density at radius 1 is 1.00 bits per heavy atom. The summed E-state index contributed by atoms with van der Waals surface area (Å²) >= 11 is 0. The van der Waals surface area contributed by atoms with E-state index >= 15 is 0 Å². The first-order valence-electron chi connectivity index (χ1n) is 0.567. The van der Waals surface area contributed by atoms with Crippen molar-refractivity contribution >= 4 is 0 Å². The summed E-state index contributed by atoms with van der Waals surface area (Å²) in [5, 5.41) is 0. The second-order valence-electron chi connectivity index (χ2n) is 0.214. The molecule has 0 nitrogen and oxygen atoms in total. The largest absolute Gasteiger partial charge is 1.00 e. The van der Waals surface area contributed by atoms with E-state index < -0.39 is 6.68 Å². The van der Waals surface area contributed by atoms with Gasteiger partial charge >= 0.3 is 22.4 Å². The standard InChI is InChI=1S/CF3.Au/c2-1(3)4;/q-1;+1. The molecule has 0 N–H and O–H groups in total. The quantitative estimate of drug-likeness (QED) is 0.458. The molecular formula is CAuF3. The minimum atomic E-state index is -3.08. The summed E-state index contributed by atoms with van der Waals surface area (Å²) in [6.45, 7) is -3.08. The topological polar surface area (TPSA) is 0 Å². The first-order chi connectivity index (χ1) is 1.73. The van der Waals surface area contributed by atoms with Crippen molar-refractivity contribution in [2.45, 2.75) is 0 Å². The van der Waals surface area contributed by atoms with Crippen molar-refractivity contribution < 1.29 is 35.6 Å². The van der Waals surface area contributed by atoms with E-state index in [1.54, 1.807) is 0 Å². The third-order valence-electron chi connectivity index (χ3n) is 0. The summed E-state index contributed by atoms with van der Waals surface area (Å²) in [6, 6.07) is 0. The number of hydrogen-bond acceptors (Lipinski definition) is 0. The molecule has 0 atom stereocenters. The van der Waals surface area contributed by atoms with Crippen molar-refractivity contribution in [1.29, 1.82) is 0 Å². The molecule has 0 aromatic rings. The van der Waals surface area contributed by atoms with Gasteiger partial charge in [0.1, 0.15) is 0 Å². The van der Waals surface area contributed by atoms with Gasteiger partial charge in [0, 0.05) is 0 Å². The average molecular weight is 266 g/mol. The van der Waals surface area contributed by atoms with Crippen LogP contribution in [0.3, 0.4) is 0 Å². The van der Waals surface area contributed by atoms with Crippen LogP contribution in [0.1, 0.15) is 0 Å². The molecule has 0 spiro atoms. The fourth-order valence-corrected chi connectivity index (χ4v) is 0. The van der Waals surface area contributed by atoms with Gasteiger partial charge in [-0.2, -0.15) is 0 Å². The van der Waals surface area contributed by atoms with E-state index in [9.17, 15) is 13.2 Å². The molecule has 0 bridgehead atoms. The predicted molar refractivity (Wildman–Crippen MR) is 6.57 cm³/mol. The van der Waals surface area contributed by atoms with E-state index in [4.69, 9.17) is 0 Å². The van der Waals surface area contributed by atoms with Crippen LogP contribution in [0.15, 0.2) is 0 Å². The Morgan fingerprint density at radius 3 is 1.00 bits per heavy atom. The van der Waals surface area contributed by atoms with Crippen molar-refractivity contribution in [3.8, 4) is 0 Å². The summed E-state index contributed by atoms with van der Waals surface area (Å²) in [4.78, 5) is 0. The van der Waals surface area contributed by atoms with Gasteiger partial charge in [0.05, 0.1) is 0 Å². The van der Waals surface area contributed by atoms with E-state index in [1.807, 2.05) is 0 Å². The van der Waals surface area contributed by atoms with Crippen LogP contribution in [0.5, 0.6) is 0 Å². The van der Waals surface area contributed by atoms with E-state index in [2.05, 4.69) is 0 Å². The molecule has 0 aromatic carbocycles. The molecule has 0 aromatic heterocycles. The minimum Gasteiger partial charge on any atom is -0.385 e. The van der Waals surface area contributed by atoms with Crippen LogP contribution in [0.2, 0.25) is 0 Å². The molecule has 0 heterocycles. The molecule has 4 heteroatoms. The molecule has 0 aliphatic rings. The summed E-state index contributed by atoms with van der Waals surface area (Å²) in [6.07, 6.45) is 0. The second-order valence-corrected chi connectivity index (χ2v) is 0.214. The Kier molecular flexibility index (Phi) is 8.25. The molecule has 0 rings (SSSR count). The van der Waals surface area contributed by atoms with E-state index in [-0.39, 0.29) is 22.4 Å². The van der Waals surface area contributed by atoms with Gasteiger partial charge in [0.15, 0.2) is 6.68 Å². The van der Waals surface area contributed by atoms with Crippen LogP contribution in [0.4, 0.5) is 13.2 Å². The summed E-state index contributed by atoms with van der Waals surface area (Å²) in [7, 11) is 0. The first kappa shape index (κ1) is 9.11. The van der Waals surface area contributed by atoms with Crippen LogP contribution in [0.25, 0.3) is 0 Å². The first-order valence-corrected chi connectivity index (χ1v) is 0.567. The molecular weight excluding hydrogens is 266 g/mol. The second kappa shape index (κ2) is 4.53. The zero-order chi connectivity index (χ0) is 3.58. The van der Waals surface area contributed by atoms with Crippen molar-refractivity contribution in [2.24, 2.45) is 0 Å². The van der Waals surface area contributed by atoms with Crippen LogP contribution in [-0.2, 0) is 22.4 Å². The van der Waals surface area contributed by atoms with E-state index in [0.717, 1.165) is 0 Å². The molecule has 0 saturated carbocycles. The maximum absolute atomic E-state index is 9.58. The molecule has 0 amide bonds. The van der Waals surface area contributed by atoms with E-state index in [0.29, 0.717) is 0 Å². The SMILES string of the molecule is F[C-](F)F.[Au+]. The summed E-state index contributed by atoms with van der Waals surface area (Å²) in [5.74, 6) is 0. The van der Waals surface area contributed by atoms with Gasteiger partial charge in [0.25, 0.3) is 0 Å². The third-order valence-corrected chi connectivity index (χ3v) is 0. The summed E-state index contributed by atoms with van der Waals surface area (Å²) < 4.78 is 28.8. The Labute approximate surface area is 42.9 Å². The molecule has 0 saturated heterocycles. The number of hydrogen-bond donors (Lipinski definition) is 0. The monoisotopic (exact) mass is 266 g/mol. The fraction of sp³-hybridized carbons (Fsp3) is 0. The zero-order valence-electron chi connectivity index (χ0n) is 1.94. The minimum absolute atomic E-state index is 0.